The second kappa shape index (κ2) is 8.29. The summed E-state index contributed by atoms with van der Waals surface area (Å²) in [4.78, 5) is 31.8. The van der Waals surface area contributed by atoms with E-state index in [4.69, 9.17) is 14.5 Å². The van der Waals surface area contributed by atoms with Gasteiger partial charge in [0.05, 0.1) is 14.2 Å². The molecule has 2 aliphatic heterocycles. The molecule has 0 unspecified atom stereocenters. The summed E-state index contributed by atoms with van der Waals surface area (Å²) in [6.07, 6.45) is 1.12. The van der Waals surface area contributed by atoms with Crippen LogP contribution >= 0.6 is 0 Å². The fraction of sp³-hybridized carbons (Fsp3) is 0.348. The number of hydrogen-bond acceptors (Lipinski definition) is 5. The first-order chi connectivity index (χ1) is 14.9. The monoisotopic (exact) mass is 422 g/mol. The Morgan fingerprint density at radius 2 is 1.68 bits per heavy atom. The molecule has 3 amide bonds. The van der Waals surface area contributed by atoms with E-state index in [-0.39, 0.29) is 11.9 Å². The van der Waals surface area contributed by atoms with Crippen molar-refractivity contribution in [2.45, 2.75) is 25.4 Å². The Kier molecular flexibility index (Phi) is 5.54. The van der Waals surface area contributed by atoms with Crippen molar-refractivity contribution in [1.29, 1.82) is 0 Å². The van der Waals surface area contributed by atoms with Gasteiger partial charge in [0.1, 0.15) is 22.9 Å². The van der Waals surface area contributed by atoms with Crippen LogP contribution in [0.2, 0.25) is 0 Å². The van der Waals surface area contributed by atoms with Crippen molar-refractivity contribution in [3.8, 4) is 11.5 Å². The molecule has 162 valence electrons. The largest absolute Gasteiger partial charge is 0.497 e. The molecule has 0 aliphatic carbocycles. The number of carbonyl (C=O) groups excluding carboxylic acids is 2. The molecule has 0 saturated carbocycles. The number of likely N-dealkylation sites (tertiary alicyclic amines) is 1. The number of piperidine rings is 1. The number of aryl methyl sites for hydroxylation is 1. The van der Waals surface area contributed by atoms with Crippen LogP contribution in [0.3, 0.4) is 0 Å². The molecule has 1 spiro atoms. The summed E-state index contributed by atoms with van der Waals surface area (Å²) in [7, 11) is 3.12. The number of carbonyl (C=O) groups is 2. The fourth-order valence-corrected chi connectivity index (χ4v) is 3.87. The Balaban J connectivity index is 1.42. The van der Waals surface area contributed by atoms with Crippen LogP contribution < -0.4 is 20.1 Å². The van der Waals surface area contributed by atoms with Crippen LogP contribution in [-0.2, 0) is 4.79 Å². The van der Waals surface area contributed by atoms with Crippen molar-refractivity contribution in [3.05, 3.63) is 53.6 Å². The average Bonchev–Trinajstić information content (AvgIpc) is 3.09. The van der Waals surface area contributed by atoms with Crippen molar-refractivity contribution in [1.82, 2.24) is 10.2 Å². The highest BCUT2D eigenvalue weighted by Gasteiger charge is 2.42. The standard InChI is InChI=1S/C23H26N4O4/c1-15-4-6-16(7-5-15)20-21(28)26-23(25-20)8-10-27(11-9-23)22(29)24-17-12-18(30-2)14-19(13-17)31-3/h4-7,12-14H,8-11H2,1-3H3,(H,24,29)(H,26,28). The van der Waals surface area contributed by atoms with Crippen molar-refractivity contribution < 1.29 is 19.1 Å². The van der Waals surface area contributed by atoms with E-state index in [1.807, 2.05) is 31.2 Å². The molecule has 2 aliphatic rings. The number of anilines is 1. The number of nitrogens with one attached hydrogen (secondary N) is 2. The van der Waals surface area contributed by atoms with Gasteiger partial charge in [-0.3, -0.25) is 9.79 Å². The summed E-state index contributed by atoms with van der Waals surface area (Å²) in [6.45, 7) is 2.97. The highest BCUT2D eigenvalue weighted by Crippen LogP contribution is 2.30. The first kappa shape index (κ1) is 20.7. The summed E-state index contributed by atoms with van der Waals surface area (Å²) < 4.78 is 10.5. The second-order valence-electron chi connectivity index (χ2n) is 7.83. The summed E-state index contributed by atoms with van der Waals surface area (Å²) in [6, 6.07) is 12.8. The first-order valence-corrected chi connectivity index (χ1v) is 10.2. The predicted octanol–water partition coefficient (Wildman–Crippen LogP) is 2.96. The van der Waals surface area contributed by atoms with Gasteiger partial charge in [0.15, 0.2) is 0 Å². The van der Waals surface area contributed by atoms with Crippen molar-refractivity contribution in [2.75, 3.05) is 32.6 Å². The zero-order chi connectivity index (χ0) is 22.0. The zero-order valence-electron chi connectivity index (χ0n) is 17.9. The zero-order valence-corrected chi connectivity index (χ0v) is 17.9. The van der Waals surface area contributed by atoms with E-state index < -0.39 is 5.66 Å². The maximum atomic E-state index is 12.8. The third-order valence-corrected chi connectivity index (χ3v) is 5.69. The van der Waals surface area contributed by atoms with Gasteiger partial charge in [-0.15, -0.1) is 0 Å². The molecule has 1 fully saturated rings. The minimum absolute atomic E-state index is 0.162. The lowest BCUT2D eigenvalue weighted by atomic mass is 9.98. The van der Waals surface area contributed by atoms with Crippen LogP contribution in [0, 0.1) is 6.92 Å². The second-order valence-corrected chi connectivity index (χ2v) is 7.83. The van der Waals surface area contributed by atoms with Gasteiger partial charge in [-0.1, -0.05) is 29.8 Å². The van der Waals surface area contributed by atoms with Gasteiger partial charge in [-0.25, -0.2) is 4.79 Å². The van der Waals surface area contributed by atoms with E-state index >= 15 is 0 Å². The van der Waals surface area contributed by atoms with E-state index in [2.05, 4.69) is 10.6 Å². The number of methoxy groups -OCH3 is 2. The van der Waals surface area contributed by atoms with Gasteiger partial charge in [0.25, 0.3) is 5.91 Å². The van der Waals surface area contributed by atoms with Gasteiger partial charge in [0.2, 0.25) is 0 Å². The normalized spacial score (nSPS) is 17.2. The molecule has 0 bridgehead atoms. The van der Waals surface area contributed by atoms with Gasteiger partial charge in [-0.2, -0.15) is 0 Å². The number of urea groups is 1. The highest BCUT2D eigenvalue weighted by atomic mass is 16.5. The minimum Gasteiger partial charge on any atom is -0.497 e. The van der Waals surface area contributed by atoms with Gasteiger partial charge in [-0.05, 0) is 6.92 Å². The highest BCUT2D eigenvalue weighted by molar-refractivity contribution is 6.46. The fourth-order valence-electron chi connectivity index (χ4n) is 3.87. The number of benzene rings is 2. The lowest BCUT2D eigenvalue weighted by molar-refractivity contribution is -0.115. The number of hydrogen-bond donors (Lipinski definition) is 2. The van der Waals surface area contributed by atoms with Crippen LogP contribution in [0.1, 0.15) is 24.0 Å². The summed E-state index contributed by atoms with van der Waals surface area (Å²) in [5.41, 5.74) is 2.35. The maximum absolute atomic E-state index is 12.8. The molecule has 0 radical (unpaired) electrons. The van der Waals surface area contributed by atoms with Crippen LogP contribution in [0.4, 0.5) is 10.5 Å². The summed E-state index contributed by atoms with van der Waals surface area (Å²) in [5.74, 6) is 1.03. The molecule has 2 aromatic carbocycles. The third kappa shape index (κ3) is 4.33. The van der Waals surface area contributed by atoms with Crippen LogP contribution in [0.25, 0.3) is 0 Å². The molecule has 4 rings (SSSR count). The van der Waals surface area contributed by atoms with E-state index in [1.165, 1.54) is 0 Å². The predicted molar refractivity (Wildman–Crippen MR) is 118 cm³/mol. The van der Waals surface area contributed by atoms with Gasteiger partial charge in [0, 0.05) is 55.4 Å². The Bertz CT molecular complexity index is 1000. The average molecular weight is 422 g/mol. The summed E-state index contributed by atoms with van der Waals surface area (Å²) >= 11 is 0. The quantitative estimate of drug-likeness (QED) is 0.792. The molecular formula is C23H26N4O4. The van der Waals surface area contributed by atoms with Gasteiger partial charge >= 0.3 is 6.03 Å². The van der Waals surface area contributed by atoms with Gasteiger partial charge < -0.3 is 25.0 Å². The van der Waals surface area contributed by atoms with E-state index in [9.17, 15) is 9.59 Å². The Morgan fingerprint density at radius 3 is 2.26 bits per heavy atom. The topological polar surface area (TPSA) is 92.3 Å². The Labute approximate surface area is 181 Å². The number of aliphatic imine (C=N–C) groups is 1. The van der Waals surface area contributed by atoms with Crippen molar-refractivity contribution >= 4 is 23.3 Å². The molecule has 8 nitrogen and oxygen atoms in total. The molecule has 31 heavy (non-hydrogen) atoms. The van der Waals surface area contributed by atoms with Crippen molar-refractivity contribution in [3.63, 3.8) is 0 Å². The molecule has 2 aromatic rings. The lowest BCUT2D eigenvalue weighted by Crippen LogP contribution is -2.53. The van der Waals surface area contributed by atoms with Crippen LogP contribution in [0.15, 0.2) is 47.5 Å². The molecule has 2 heterocycles. The molecule has 0 atom stereocenters. The molecular weight excluding hydrogens is 396 g/mol. The number of ether oxygens (including phenoxy) is 2. The molecule has 8 heteroatoms. The molecule has 0 aromatic heterocycles. The molecule has 1 saturated heterocycles. The van der Waals surface area contributed by atoms with Crippen LogP contribution in [-0.4, -0.2) is 55.5 Å². The number of amides is 3. The third-order valence-electron chi connectivity index (χ3n) is 5.69. The Hall–Kier alpha value is -3.55. The summed E-state index contributed by atoms with van der Waals surface area (Å²) in [5, 5.41) is 5.93. The van der Waals surface area contributed by atoms with Crippen LogP contribution in [0.5, 0.6) is 11.5 Å². The Morgan fingerprint density at radius 1 is 1.06 bits per heavy atom. The van der Waals surface area contributed by atoms with E-state index in [1.54, 1.807) is 37.3 Å². The van der Waals surface area contributed by atoms with E-state index in [0.717, 1.165) is 11.1 Å². The minimum atomic E-state index is -0.646. The number of rotatable bonds is 4. The van der Waals surface area contributed by atoms with Crippen molar-refractivity contribution in [2.24, 2.45) is 4.99 Å². The lowest BCUT2D eigenvalue weighted by Gasteiger charge is -2.37. The van der Waals surface area contributed by atoms with E-state index in [0.29, 0.717) is 48.8 Å². The molecule has 2 N–H and O–H groups in total. The SMILES string of the molecule is COc1cc(NC(=O)N2CCC3(CC2)N=C(c2ccc(C)cc2)C(=O)N3)cc(OC)c1. The number of nitrogens with zero attached hydrogens (tertiary/aromatic N) is 2. The first-order valence-electron chi connectivity index (χ1n) is 10.2. The smallest absolute Gasteiger partial charge is 0.321 e. The maximum Gasteiger partial charge on any atom is 0.321 e.